The molecule has 0 aliphatic rings. The van der Waals surface area contributed by atoms with Gasteiger partial charge in [0.1, 0.15) is 5.75 Å². The summed E-state index contributed by atoms with van der Waals surface area (Å²) in [6.07, 6.45) is 0.197. The molecule has 1 atom stereocenters. The van der Waals surface area contributed by atoms with Gasteiger partial charge in [-0.15, -0.1) is 0 Å². The molecule has 0 aliphatic carbocycles. The summed E-state index contributed by atoms with van der Waals surface area (Å²) in [5, 5.41) is 0. The van der Waals surface area contributed by atoms with E-state index in [1.165, 1.54) is 0 Å². The van der Waals surface area contributed by atoms with Crippen LogP contribution >= 0.6 is 0 Å². The van der Waals surface area contributed by atoms with Gasteiger partial charge in [0.2, 0.25) is 0 Å². The average Bonchev–Trinajstić information content (AvgIpc) is 2.25. The van der Waals surface area contributed by atoms with Gasteiger partial charge in [-0.05, 0) is 32.4 Å². The largest absolute Gasteiger partial charge is 0.496 e. The van der Waals surface area contributed by atoms with Crippen LogP contribution < -0.4 is 10.5 Å². The van der Waals surface area contributed by atoms with Crippen LogP contribution in [-0.2, 0) is 4.74 Å². The molecule has 3 heteroatoms. The van der Waals surface area contributed by atoms with E-state index in [9.17, 15) is 0 Å². The van der Waals surface area contributed by atoms with Gasteiger partial charge < -0.3 is 15.2 Å². The van der Waals surface area contributed by atoms with E-state index in [1.807, 2.05) is 39.0 Å². The van der Waals surface area contributed by atoms with Crippen LogP contribution in [0.25, 0.3) is 0 Å². The van der Waals surface area contributed by atoms with E-state index in [4.69, 9.17) is 15.2 Å². The molecule has 0 saturated heterocycles. The van der Waals surface area contributed by atoms with Crippen LogP contribution in [0.2, 0.25) is 0 Å². The summed E-state index contributed by atoms with van der Waals surface area (Å²) in [6, 6.07) is 5.89. The Kier molecular flexibility index (Phi) is 4.77. The van der Waals surface area contributed by atoms with Crippen molar-refractivity contribution in [3.05, 3.63) is 29.3 Å². The van der Waals surface area contributed by atoms with Crippen LogP contribution in [0.4, 0.5) is 0 Å². The van der Waals surface area contributed by atoms with E-state index in [2.05, 4.69) is 0 Å². The first-order chi connectivity index (χ1) is 7.54. The minimum atomic E-state index is -0.141. The molecular weight excluding hydrogens is 202 g/mol. The summed E-state index contributed by atoms with van der Waals surface area (Å²) in [5.74, 6) is 0.833. The number of aryl methyl sites for hydroxylation is 1. The second-order valence-electron chi connectivity index (χ2n) is 4.23. The molecule has 0 saturated carbocycles. The third-order valence-corrected chi connectivity index (χ3v) is 2.40. The van der Waals surface area contributed by atoms with Crippen molar-refractivity contribution in [1.82, 2.24) is 0 Å². The first kappa shape index (κ1) is 13.0. The predicted molar refractivity (Wildman–Crippen MR) is 65.7 cm³/mol. The molecule has 0 bridgehead atoms. The summed E-state index contributed by atoms with van der Waals surface area (Å²) in [7, 11) is 1.66. The lowest BCUT2D eigenvalue weighted by molar-refractivity contribution is 0.0679. The molecule has 16 heavy (non-hydrogen) atoms. The molecule has 2 N–H and O–H groups in total. The Bertz CT molecular complexity index is 337. The highest BCUT2D eigenvalue weighted by Crippen LogP contribution is 2.25. The lowest BCUT2D eigenvalue weighted by Crippen LogP contribution is -2.20. The van der Waals surface area contributed by atoms with Crippen LogP contribution in [0.1, 0.15) is 31.0 Å². The van der Waals surface area contributed by atoms with E-state index in [0.29, 0.717) is 6.61 Å². The van der Waals surface area contributed by atoms with Crippen LogP contribution in [0, 0.1) is 6.92 Å². The van der Waals surface area contributed by atoms with Crippen molar-refractivity contribution < 1.29 is 9.47 Å². The van der Waals surface area contributed by atoms with E-state index in [-0.39, 0.29) is 12.1 Å². The number of hydrogen-bond acceptors (Lipinski definition) is 3. The van der Waals surface area contributed by atoms with Gasteiger partial charge in [-0.1, -0.05) is 12.1 Å². The fourth-order valence-electron chi connectivity index (χ4n) is 1.51. The first-order valence-electron chi connectivity index (χ1n) is 5.56. The van der Waals surface area contributed by atoms with E-state index in [0.717, 1.165) is 16.9 Å². The molecule has 0 radical (unpaired) electrons. The summed E-state index contributed by atoms with van der Waals surface area (Å²) in [5.41, 5.74) is 8.22. The van der Waals surface area contributed by atoms with Gasteiger partial charge in [-0.2, -0.15) is 0 Å². The highest BCUT2D eigenvalue weighted by atomic mass is 16.5. The molecule has 90 valence electrons. The number of ether oxygens (including phenoxy) is 2. The minimum absolute atomic E-state index is 0.141. The Morgan fingerprint density at radius 3 is 2.56 bits per heavy atom. The van der Waals surface area contributed by atoms with Crippen LogP contribution in [0.15, 0.2) is 18.2 Å². The minimum Gasteiger partial charge on any atom is -0.496 e. The zero-order chi connectivity index (χ0) is 12.1. The van der Waals surface area contributed by atoms with Crippen LogP contribution in [0.3, 0.4) is 0 Å². The number of benzene rings is 1. The zero-order valence-electron chi connectivity index (χ0n) is 10.5. The SMILES string of the molecule is COc1cc(C)ccc1C(N)COC(C)C. The van der Waals surface area contributed by atoms with Gasteiger partial charge in [0, 0.05) is 5.56 Å². The van der Waals surface area contributed by atoms with Gasteiger partial charge in [0.25, 0.3) is 0 Å². The molecule has 0 fully saturated rings. The zero-order valence-corrected chi connectivity index (χ0v) is 10.5. The van der Waals surface area contributed by atoms with Crippen molar-refractivity contribution in [3.63, 3.8) is 0 Å². The maximum atomic E-state index is 6.06. The molecule has 1 aromatic carbocycles. The van der Waals surface area contributed by atoms with Crippen LogP contribution in [0.5, 0.6) is 5.75 Å². The molecule has 0 spiro atoms. The van der Waals surface area contributed by atoms with Crippen molar-refractivity contribution >= 4 is 0 Å². The predicted octanol–water partition coefficient (Wildman–Crippen LogP) is 2.43. The maximum Gasteiger partial charge on any atom is 0.123 e. The molecule has 1 aromatic rings. The lowest BCUT2D eigenvalue weighted by atomic mass is 10.0. The normalized spacial score (nSPS) is 12.9. The molecule has 3 nitrogen and oxygen atoms in total. The van der Waals surface area contributed by atoms with Crippen molar-refractivity contribution in [2.75, 3.05) is 13.7 Å². The molecule has 0 heterocycles. The number of nitrogens with two attached hydrogens (primary N) is 1. The third kappa shape index (κ3) is 3.51. The molecule has 1 unspecified atom stereocenters. The first-order valence-corrected chi connectivity index (χ1v) is 5.56. The Hall–Kier alpha value is -1.06. The number of rotatable bonds is 5. The molecule has 0 aromatic heterocycles. The Morgan fingerprint density at radius 2 is 2.00 bits per heavy atom. The van der Waals surface area contributed by atoms with E-state index < -0.39 is 0 Å². The van der Waals surface area contributed by atoms with Gasteiger partial charge in [-0.3, -0.25) is 0 Å². The summed E-state index contributed by atoms with van der Waals surface area (Å²) >= 11 is 0. The van der Waals surface area contributed by atoms with Crippen molar-refractivity contribution in [3.8, 4) is 5.75 Å². The maximum absolute atomic E-state index is 6.06. The van der Waals surface area contributed by atoms with Crippen molar-refractivity contribution in [1.29, 1.82) is 0 Å². The lowest BCUT2D eigenvalue weighted by Gasteiger charge is -2.17. The van der Waals surface area contributed by atoms with Gasteiger partial charge in [0.15, 0.2) is 0 Å². The molecule has 0 aliphatic heterocycles. The van der Waals surface area contributed by atoms with Crippen LogP contribution in [-0.4, -0.2) is 19.8 Å². The van der Waals surface area contributed by atoms with Gasteiger partial charge in [0.05, 0.1) is 25.9 Å². The Balaban J connectivity index is 2.77. The molecular formula is C13H21NO2. The number of methoxy groups -OCH3 is 1. The van der Waals surface area contributed by atoms with Gasteiger partial charge >= 0.3 is 0 Å². The quantitative estimate of drug-likeness (QED) is 0.833. The fourth-order valence-corrected chi connectivity index (χ4v) is 1.51. The highest BCUT2D eigenvalue weighted by molar-refractivity contribution is 5.39. The highest BCUT2D eigenvalue weighted by Gasteiger charge is 2.12. The summed E-state index contributed by atoms with van der Waals surface area (Å²) in [4.78, 5) is 0. The van der Waals surface area contributed by atoms with E-state index >= 15 is 0 Å². The van der Waals surface area contributed by atoms with Crippen molar-refractivity contribution in [2.45, 2.75) is 32.9 Å². The second-order valence-corrected chi connectivity index (χ2v) is 4.23. The average molecular weight is 223 g/mol. The second kappa shape index (κ2) is 5.87. The molecule has 0 amide bonds. The monoisotopic (exact) mass is 223 g/mol. The smallest absolute Gasteiger partial charge is 0.123 e. The Labute approximate surface area is 97.6 Å². The third-order valence-electron chi connectivity index (χ3n) is 2.40. The fraction of sp³-hybridized carbons (Fsp3) is 0.538. The topological polar surface area (TPSA) is 44.5 Å². The standard InChI is InChI=1S/C13H21NO2/c1-9(2)16-8-12(14)11-6-5-10(3)7-13(11)15-4/h5-7,9,12H,8,14H2,1-4H3. The van der Waals surface area contributed by atoms with Crippen molar-refractivity contribution in [2.24, 2.45) is 5.73 Å². The summed E-state index contributed by atoms with van der Waals surface area (Å²) < 4.78 is 10.8. The Morgan fingerprint density at radius 1 is 1.31 bits per heavy atom. The molecule has 1 rings (SSSR count). The summed E-state index contributed by atoms with van der Waals surface area (Å²) in [6.45, 7) is 6.54. The van der Waals surface area contributed by atoms with Gasteiger partial charge in [-0.25, -0.2) is 0 Å². The number of hydrogen-bond donors (Lipinski definition) is 1. The van der Waals surface area contributed by atoms with E-state index in [1.54, 1.807) is 7.11 Å².